The Kier molecular flexibility index (Phi) is 6.29. The molecule has 0 amide bonds. The lowest BCUT2D eigenvalue weighted by Crippen LogP contribution is -2.03. The van der Waals surface area contributed by atoms with Gasteiger partial charge in [-0.15, -0.1) is 11.3 Å². The highest BCUT2D eigenvalue weighted by molar-refractivity contribution is 7.26. The van der Waals surface area contributed by atoms with Crippen LogP contribution in [0.15, 0.2) is 180 Å². The molecule has 0 saturated carbocycles. The van der Waals surface area contributed by atoms with Crippen LogP contribution in [0.4, 0.5) is 0 Å². The molecule has 0 aliphatic rings. The Morgan fingerprint density at radius 3 is 1.74 bits per heavy atom. The van der Waals surface area contributed by atoms with Crippen LogP contribution in [0.2, 0.25) is 0 Å². The maximum atomic E-state index is 7.07. The summed E-state index contributed by atoms with van der Waals surface area (Å²) >= 11 is 1.75. The predicted molar refractivity (Wildman–Crippen MR) is 240 cm³/mol. The summed E-state index contributed by atoms with van der Waals surface area (Å²) in [5, 5.41) is 12.9. The molecule has 4 heterocycles. The second-order valence-electron chi connectivity index (χ2n) is 14.8. The highest BCUT2D eigenvalue weighted by Crippen LogP contribution is 2.50. The smallest absolute Gasteiger partial charge is 0.236 e. The van der Waals surface area contributed by atoms with Gasteiger partial charge in [-0.1, -0.05) is 158 Å². The fourth-order valence-electron chi connectivity index (χ4n) is 9.36. The first-order valence-electron chi connectivity index (χ1n) is 19.3. The van der Waals surface area contributed by atoms with Crippen LogP contribution in [-0.4, -0.2) is 14.5 Å². The van der Waals surface area contributed by atoms with E-state index in [4.69, 9.17) is 14.4 Å². The van der Waals surface area contributed by atoms with Gasteiger partial charge in [0.05, 0.1) is 21.4 Å². The average Bonchev–Trinajstić information content (AvgIpc) is 3.96. The minimum atomic E-state index is 0.616. The molecule has 13 rings (SSSR count). The molecular weight excluding hydrogens is 715 g/mol. The summed E-state index contributed by atoms with van der Waals surface area (Å²) in [6.45, 7) is 0. The van der Waals surface area contributed by atoms with E-state index in [0.29, 0.717) is 5.95 Å². The minimum Gasteiger partial charge on any atom is -0.454 e. The van der Waals surface area contributed by atoms with Gasteiger partial charge in [0.15, 0.2) is 5.58 Å². The van der Waals surface area contributed by atoms with Crippen LogP contribution in [0.25, 0.3) is 125 Å². The first-order chi connectivity index (χ1) is 28.3. The molecule has 5 heteroatoms. The van der Waals surface area contributed by atoms with Crippen LogP contribution < -0.4 is 0 Å². The Morgan fingerprint density at radius 2 is 0.982 bits per heavy atom. The number of para-hydroxylation sites is 2. The third-order valence-electron chi connectivity index (χ3n) is 11.8. The highest BCUT2D eigenvalue weighted by atomic mass is 32.1. The highest BCUT2D eigenvalue weighted by Gasteiger charge is 2.27. The van der Waals surface area contributed by atoms with Crippen molar-refractivity contribution in [2.45, 2.75) is 0 Å². The Bertz CT molecular complexity index is 3800. The lowest BCUT2D eigenvalue weighted by Gasteiger charge is -2.14. The predicted octanol–water partition coefficient (Wildman–Crippen LogP) is 14.6. The maximum Gasteiger partial charge on any atom is 0.236 e. The van der Waals surface area contributed by atoms with Crippen LogP contribution in [-0.2, 0) is 0 Å². The molecule has 0 radical (unpaired) electrons. The Morgan fingerprint density at radius 1 is 0.421 bits per heavy atom. The normalized spacial score (nSPS) is 12.2. The first kappa shape index (κ1) is 30.9. The van der Waals surface area contributed by atoms with Crippen molar-refractivity contribution in [3.05, 3.63) is 176 Å². The zero-order valence-corrected chi connectivity index (χ0v) is 31.2. The molecule has 0 unspecified atom stereocenters. The van der Waals surface area contributed by atoms with Gasteiger partial charge in [0, 0.05) is 48.0 Å². The van der Waals surface area contributed by atoms with E-state index in [1.807, 2.05) is 0 Å². The van der Waals surface area contributed by atoms with Crippen LogP contribution in [0.5, 0.6) is 0 Å². The van der Waals surface area contributed by atoms with Gasteiger partial charge >= 0.3 is 0 Å². The summed E-state index contributed by atoms with van der Waals surface area (Å²) in [6.07, 6.45) is 0. The molecular formula is C52H29N3OS. The van der Waals surface area contributed by atoms with Gasteiger partial charge in [0.25, 0.3) is 0 Å². The fourth-order valence-corrected chi connectivity index (χ4v) is 10.5. The number of hydrogen-bond donors (Lipinski definition) is 0. The van der Waals surface area contributed by atoms with Gasteiger partial charge in [0.1, 0.15) is 11.1 Å². The van der Waals surface area contributed by atoms with E-state index in [1.54, 1.807) is 11.3 Å². The summed E-state index contributed by atoms with van der Waals surface area (Å²) in [6, 6.07) is 62.7. The Balaban J connectivity index is 1.23. The molecule has 264 valence electrons. The van der Waals surface area contributed by atoms with Crippen LogP contribution in [0, 0.1) is 0 Å². The number of fused-ring (bicyclic) bond motifs is 18. The van der Waals surface area contributed by atoms with E-state index in [9.17, 15) is 0 Å². The van der Waals surface area contributed by atoms with E-state index in [2.05, 4.69) is 180 Å². The third kappa shape index (κ3) is 4.26. The lowest BCUT2D eigenvalue weighted by molar-refractivity contribution is 0.671. The molecule has 0 N–H and O–H groups in total. The van der Waals surface area contributed by atoms with Crippen molar-refractivity contribution in [3.63, 3.8) is 0 Å². The minimum absolute atomic E-state index is 0.616. The summed E-state index contributed by atoms with van der Waals surface area (Å²) in [7, 11) is 0. The summed E-state index contributed by atoms with van der Waals surface area (Å²) < 4.78 is 11.6. The molecule has 57 heavy (non-hydrogen) atoms. The zero-order chi connectivity index (χ0) is 37.2. The standard InChI is InChI=1S/C52H29N3OS/c1-2-14-30(15-3-1)31-26-28-32(29-27-31)47-51-48(39-22-10-13-25-42(39)57-51)54-52(53-47)55-40-23-11-8-20-37(40)45-43-35-18-6-4-16-33(35)34-17-5-7-19-36(34)44(43)46-38-21-9-12-24-41(38)56-50(46)49(45)55/h1-29H. The molecule has 9 aromatic carbocycles. The van der Waals surface area contributed by atoms with Gasteiger partial charge in [-0.25, -0.2) is 9.97 Å². The number of benzene rings is 9. The maximum absolute atomic E-state index is 7.07. The molecule has 4 aromatic heterocycles. The van der Waals surface area contributed by atoms with Crippen molar-refractivity contribution >= 4 is 108 Å². The van der Waals surface area contributed by atoms with Gasteiger partial charge in [-0.2, -0.15) is 0 Å². The fraction of sp³-hybridized carbons (Fsp3) is 0. The number of rotatable bonds is 3. The number of furan rings is 1. The summed E-state index contributed by atoms with van der Waals surface area (Å²) in [5.41, 5.74) is 8.97. The molecule has 0 bridgehead atoms. The average molecular weight is 744 g/mol. The van der Waals surface area contributed by atoms with Crippen molar-refractivity contribution in [2.24, 2.45) is 0 Å². The lowest BCUT2D eigenvalue weighted by atomic mass is 9.89. The zero-order valence-electron chi connectivity index (χ0n) is 30.4. The molecule has 0 spiro atoms. The quantitative estimate of drug-likeness (QED) is 0.169. The van der Waals surface area contributed by atoms with Crippen molar-refractivity contribution in [1.29, 1.82) is 0 Å². The van der Waals surface area contributed by atoms with E-state index >= 15 is 0 Å². The van der Waals surface area contributed by atoms with Crippen molar-refractivity contribution in [3.8, 4) is 28.3 Å². The van der Waals surface area contributed by atoms with Gasteiger partial charge in [-0.3, -0.25) is 4.57 Å². The molecule has 0 aliphatic carbocycles. The largest absolute Gasteiger partial charge is 0.454 e. The van der Waals surface area contributed by atoms with Crippen molar-refractivity contribution in [2.75, 3.05) is 0 Å². The van der Waals surface area contributed by atoms with Gasteiger partial charge < -0.3 is 4.42 Å². The summed E-state index contributed by atoms with van der Waals surface area (Å²) in [4.78, 5) is 11.1. The van der Waals surface area contributed by atoms with Crippen LogP contribution >= 0.6 is 11.3 Å². The summed E-state index contributed by atoms with van der Waals surface area (Å²) in [5.74, 6) is 0.616. The van der Waals surface area contributed by atoms with E-state index in [1.165, 1.54) is 48.1 Å². The second-order valence-corrected chi connectivity index (χ2v) is 15.9. The topological polar surface area (TPSA) is 43.9 Å². The SMILES string of the molecule is c1ccc(-c2ccc(-c3nc(-n4c5ccccc5c5c6c7ccccc7c7ccccc7c6c6c7ccccc7oc6c54)nc4c3sc3ccccc34)cc2)cc1. The number of hydrogen-bond acceptors (Lipinski definition) is 4. The second kappa shape index (κ2) is 11.6. The Labute approximate surface area is 329 Å². The van der Waals surface area contributed by atoms with Gasteiger partial charge in [0.2, 0.25) is 5.95 Å². The number of thiophene rings is 1. The third-order valence-corrected chi connectivity index (χ3v) is 13.0. The Hall–Kier alpha value is -7.34. The van der Waals surface area contributed by atoms with Crippen LogP contribution in [0.3, 0.4) is 0 Å². The van der Waals surface area contributed by atoms with Gasteiger partial charge in [-0.05, 0) is 50.9 Å². The molecule has 0 atom stereocenters. The molecule has 0 aliphatic heterocycles. The first-order valence-corrected chi connectivity index (χ1v) is 20.1. The molecule has 13 aromatic rings. The van der Waals surface area contributed by atoms with Crippen molar-refractivity contribution in [1.82, 2.24) is 14.5 Å². The molecule has 0 fully saturated rings. The van der Waals surface area contributed by atoms with E-state index in [0.717, 1.165) is 70.6 Å². The number of aromatic nitrogens is 3. The molecule has 4 nitrogen and oxygen atoms in total. The number of nitrogens with zero attached hydrogens (tertiary/aromatic N) is 3. The van der Waals surface area contributed by atoms with E-state index in [-0.39, 0.29) is 0 Å². The van der Waals surface area contributed by atoms with Crippen molar-refractivity contribution < 1.29 is 4.42 Å². The molecule has 0 saturated heterocycles. The van der Waals surface area contributed by atoms with E-state index < -0.39 is 0 Å². The monoisotopic (exact) mass is 743 g/mol. The van der Waals surface area contributed by atoms with Crippen LogP contribution in [0.1, 0.15) is 0 Å².